The molecule has 0 saturated carbocycles. The molecule has 1 aliphatic heterocycles. The van der Waals surface area contributed by atoms with Crippen LogP contribution in [-0.4, -0.2) is 19.3 Å². The van der Waals surface area contributed by atoms with Crippen molar-refractivity contribution < 1.29 is 0 Å². The van der Waals surface area contributed by atoms with Crippen LogP contribution in [0.4, 0.5) is 0 Å². The van der Waals surface area contributed by atoms with E-state index in [1.807, 2.05) is 18.5 Å². The van der Waals surface area contributed by atoms with Gasteiger partial charge in [-0.05, 0) is 6.42 Å². The van der Waals surface area contributed by atoms with Crippen molar-refractivity contribution in [3.63, 3.8) is 0 Å². The largest absolute Gasteiger partial charge is 0.313 e. The lowest BCUT2D eigenvalue weighted by molar-refractivity contribution is 0.769. The van der Waals surface area contributed by atoms with Crippen LogP contribution in [0.1, 0.15) is 6.42 Å². The molecule has 0 aromatic heterocycles. The van der Waals surface area contributed by atoms with Gasteiger partial charge < -0.3 is 5.32 Å². The Morgan fingerprint density at radius 1 is 1.50 bits per heavy atom. The van der Waals surface area contributed by atoms with Crippen molar-refractivity contribution in [3.8, 4) is 0 Å². The van der Waals surface area contributed by atoms with Crippen molar-refractivity contribution in [3.05, 3.63) is 12.3 Å². The maximum absolute atomic E-state index is 3.99. The molecule has 0 amide bonds. The second-order valence-electron chi connectivity index (χ2n) is 1.71. The van der Waals surface area contributed by atoms with Crippen LogP contribution in [0.15, 0.2) is 17.3 Å². The van der Waals surface area contributed by atoms with E-state index in [1.165, 1.54) is 0 Å². The third-order valence-corrected chi connectivity index (χ3v) is 1.01. The molecule has 0 radical (unpaired) electrons. The minimum Gasteiger partial charge on any atom is -0.313 e. The van der Waals surface area contributed by atoms with E-state index < -0.39 is 0 Å². The van der Waals surface area contributed by atoms with Gasteiger partial charge in [0.1, 0.15) is 0 Å². The van der Waals surface area contributed by atoms with Crippen molar-refractivity contribution in [1.29, 1.82) is 0 Å². The monoisotopic (exact) mass is 110 g/mol. The molecule has 0 aliphatic carbocycles. The fourth-order valence-corrected chi connectivity index (χ4v) is 0.601. The summed E-state index contributed by atoms with van der Waals surface area (Å²) >= 11 is 0. The average Bonchev–Trinajstić information content (AvgIpc) is 1.62. The van der Waals surface area contributed by atoms with E-state index in [1.54, 1.807) is 0 Å². The summed E-state index contributed by atoms with van der Waals surface area (Å²) in [5.41, 5.74) is 0. The lowest BCUT2D eigenvalue weighted by atomic mass is 10.4. The van der Waals surface area contributed by atoms with E-state index in [0.717, 1.165) is 19.5 Å². The van der Waals surface area contributed by atoms with Crippen LogP contribution in [0, 0.1) is 0 Å². The third-order valence-electron chi connectivity index (χ3n) is 1.01. The van der Waals surface area contributed by atoms with Gasteiger partial charge in [0.15, 0.2) is 0 Å². The Hall–Kier alpha value is -0.630. The Kier molecular flexibility index (Phi) is 2.33. The molecule has 0 unspecified atom stereocenters. The molecule has 8 heavy (non-hydrogen) atoms. The van der Waals surface area contributed by atoms with Gasteiger partial charge in [-0.3, -0.25) is 4.99 Å². The third kappa shape index (κ3) is 1.89. The Morgan fingerprint density at radius 2 is 2.50 bits per heavy atom. The van der Waals surface area contributed by atoms with Crippen molar-refractivity contribution in [2.75, 3.05) is 13.1 Å². The molecule has 0 fully saturated rings. The van der Waals surface area contributed by atoms with E-state index in [-0.39, 0.29) is 0 Å². The summed E-state index contributed by atoms with van der Waals surface area (Å²) < 4.78 is 0. The first kappa shape index (κ1) is 5.51. The molecule has 1 rings (SSSR count). The van der Waals surface area contributed by atoms with E-state index in [0.29, 0.717) is 0 Å². The van der Waals surface area contributed by atoms with Gasteiger partial charge in [-0.2, -0.15) is 0 Å². The van der Waals surface area contributed by atoms with Gasteiger partial charge in [0.05, 0.1) is 0 Å². The number of rotatable bonds is 0. The molecule has 0 atom stereocenters. The number of nitrogens with one attached hydrogen (secondary N) is 1. The topological polar surface area (TPSA) is 24.4 Å². The van der Waals surface area contributed by atoms with E-state index >= 15 is 0 Å². The maximum Gasteiger partial charge on any atom is 0.0236 e. The zero-order valence-corrected chi connectivity index (χ0v) is 4.80. The number of aliphatic imine (C=N–C) groups is 1. The fraction of sp³-hybridized carbons (Fsp3) is 0.500. The highest BCUT2D eigenvalue weighted by molar-refractivity contribution is 5.58. The molecular formula is C6H10N2. The van der Waals surface area contributed by atoms with Gasteiger partial charge in [0.25, 0.3) is 0 Å². The highest BCUT2D eigenvalue weighted by Gasteiger charge is 1.82. The smallest absolute Gasteiger partial charge is 0.0236 e. The molecular weight excluding hydrogens is 100 g/mol. The standard InChI is InChI=1S/C6H10N2/c1-3-7-5-2-6-8-4-1/h1,3,5,8H,2,4,6H2/b3-1-,7-5?. The zero-order chi connectivity index (χ0) is 5.66. The van der Waals surface area contributed by atoms with Gasteiger partial charge in [0, 0.05) is 25.5 Å². The number of nitrogens with zero attached hydrogens (tertiary/aromatic N) is 1. The first-order chi connectivity index (χ1) is 4.00. The molecule has 2 heteroatoms. The summed E-state index contributed by atoms with van der Waals surface area (Å²) in [6.45, 7) is 2.01. The Balaban J connectivity index is 2.33. The van der Waals surface area contributed by atoms with Crippen molar-refractivity contribution in [1.82, 2.24) is 5.32 Å². The highest BCUT2D eigenvalue weighted by atomic mass is 14.9. The van der Waals surface area contributed by atoms with Crippen LogP contribution in [0.5, 0.6) is 0 Å². The highest BCUT2D eigenvalue weighted by Crippen LogP contribution is 1.79. The SMILES string of the molecule is C1=N/C=C\CNCC1. The summed E-state index contributed by atoms with van der Waals surface area (Å²) in [4.78, 5) is 3.99. The van der Waals surface area contributed by atoms with E-state index in [2.05, 4.69) is 10.3 Å². The van der Waals surface area contributed by atoms with Crippen LogP contribution >= 0.6 is 0 Å². The zero-order valence-electron chi connectivity index (χ0n) is 4.80. The van der Waals surface area contributed by atoms with Crippen molar-refractivity contribution >= 4 is 6.21 Å². The first-order valence-electron chi connectivity index (χ1n) is 2.87. The average molecular weight is 110 g/mol. The van der Waals surface area contributed by atoms with Gasteiger partial charge in [-0.25, -0.2) is 0 Å². The van der Waals surface area contributed by atoms with Gasteiger partial charge in [-0.1, -0.05) is 6.08 Å². The minimum atomic E-state index is 0.956. The Labute approximate surface area is 49.3 Å². The minimum absolute atomic E-state index is 0.956. The Bertz CT molecular complexity index is 91.1. The molecule has 0 spiro atoms. The Morgan fingerprint density at radius 3 is 3.50 bits per heavy atom. The molecule has 1 aliphatic rings. The quantitative estimate of drug-likeness (QED) is 0.484. The molecule has 1 heterocycles. The fourth-order valence-electron chi connectivity index (χ4n) is 0.601. The van der Waals surface area contributed by atoms with Gasteiger partial charge in [0.2, 0.25) is 0 Å². The summed E-state index contributed by atoms with van der Waals surface area (Å²) in [5.74, 6) is 0. The van der Waals surface area contributed by atoms with Crippen LogP contribution in [0.25, 0.3) is 0 Å². The molecule has 44 valence electrons. The lowest BCUT2D eigenvalue weighted by Gasteiger charge is -1.97. The maximum atomic E-state index is 3.99. The van der Waals surface area contributed by atoms with Crippen molar-refractivity contribution in [2.24, 2.45) is 4.99 Å². The van der Waals surface area contributed by atoms with Crippen molar-refractivity contribution in [2.45, 2.75) is 6.42 Å². The van der Waals surface area contributed by atoms with Gasteiger partial charge >= 0.3 is 0 Å². The van der Waals surface area contributed by atoms with Crippen LogP contribution in [0.2, 0.25) is 0 Å². The molecule has 0 bridgehead atoms. The summed E-state index contributed by atoms with van der Waals surface area (Å²) in [6.07, 6.45) is 6.80. The molecule has 1 N–H and O–H groups in total. The number of hydrogen-bond acceptors (Lipinski definition) is 2. The van der Waals surface area contributed by atoms with Crippen LogP contribution in [0.3, 0.4) is 0 Å². The molecule has 0 aromatic rings. The predicted octanol–water partition coefficient (Wildman–Crippen LogP) is 0.564. The van der Waals surface area contributed by atoms with Gasteiger partial charge in [-0.15, -0.1) is 0 Å². The molecule has 0 aromatic carbocycles. The van der Waals surface area contributed by atoms with E-state index in [9.17, 15) is 0 Å². The predicted molar refractivity (Wildman–Crippen MR) is 35.1 cm³/mol. The summed E-state index contributed by atoms with van der Waals surface area (Å²) in [7, 11) is 0. The summed E-state index contributed by atoms with van der Waals surface area (Å²) in [6, 6.07) is 0. The normalized spacial score (nSPS) is 24.0. The van der Waals surface area contributed by atoms with Crippen LogP contribution in [-0.2, 0) is 0 Å². The van der Waals surface area contributed by atoms with Crippen LogP contribution < -0.4 is 5.32 Å². The summed E-state index contributed by atoms with van der Waals surface area (Å²) in [5, 5.41) is 3.21. The lowest BCUT2D eigenvalue weighted by Crippen LogP contribution is -2.15. The molecule has 2 nitrogen and oxygen atoms in total. The molecule has 0 saturated heterocycles. The number of hydrogen-bond donors (Lipinski definition) is 1. The second-order valence-corrected chi connectivity index (χ2v) is 1.71. The second kappa shape index (κ2) is 3.38. The van der Waals surface area contributed by atoms with E-state index in [4.69, 9.17) is 0 Å². The first-order valence-corrected chi connectivity index (χ1v) is 2.87.